The molecule has 0 fully saturated rings. The molecule has 0 atom stereocenters. The minimum atomic E-state index is -0.293. The van der Waals surface area contributed by atoms with Gasteiger partial charge in [-0.3, -0.25) is 9.59 Å². The van der Waals surface area contributed by atoms with Gasteiger partial charge >= 0.3 is 0 Å². The van der Waals surface area contributed by atoms with Crippen LogP contribution >= 0.6 is 11.3 Å². The van der Waals surface area contributed by atoms with Crippen LogP contribution in [0.15, 0.2) is 12.3 Å². The van der Waals surface area contributed by atoms with Gasteiger partial charge in [0.15, 0.2) is 0 Å². The Bertz CT molecular complexity index is 655. The van der Waals surface area contributed by atoms with Gasteiger partial charge in [-0.15, -0.1) is 16.4 Å². The molecule has 2 heterocycles. The van der Waals surface area contributed by atoms with Crippen LogP contribution in [0, 0.1) is 0 Å². The summed E-state index contributed by atoms with van der Waals surface area (Å²) < 4.78 is 0. The van der Waals surface area contributed by atoms with Crippen molar-refractivity contribution in [3.8, 4) is 0 Å². The molecule has 2 aromatic heterocycles. The lowest BCUT2D eigenvalue weighted by Gasteiger charge is -2.05. The lowest BCUT2D eigenvalue weighted by atomic mass is 10.3. The Hall–Kier alpha value is -2.22. The molecule has 0 aliphatic carbocycles. The summed E-state index contributed by atoms with van der Waals surface area (Å²) in [5, 5.41) is 13.9. The first-order chi connectivity index (χ1) is 10.1. The predicted molar refractivity (Wildman–Crippen MR) is 82.1 cm³/mol. The Balaban J connectivity index is 1.93. The molecule has 0 saturated carbocycles. The number of nitrogens with zero attached hydrogens (tertiary/aromatic N) is 2. The van der Waals surface area contributed by atoms with Gasteiger partial charge in [-0.05, 0) is 12.5 Å². The second kappa shape index (κ2) is 6.98. The predicted octanol–water partition coefficient (Wildman–Crippen LogP) is 0.920. The standard InChI is InChI=1S/C13H17N5O2S/c1-2-5-15-9(19)4-6-16-12(20)11-10(14)8-3-7-17-18-13(8)21-11/h3,7H,2,4-6,14H2,1H3,(H,15,19)(H,16,20). The van der Waals surface area contributed by atoms with Crippen molar-refractivity contribution in [3.05, 3.63) is 17.1 Å². The summed E-state index contributed by atoms with van der Waals surface area (Å²) >= 11 is 1.19. The number of hydrogen-bond acceptors (Lipinski definition) is 6. The molecule has 2 aromatic rings. The van der Waals surface area contributed by atoms with E-state index in [2.05, 4.69) is 20.8 Å². The Kier molecular flexibility index (Phi) is 5.04. The molecule has 2 amide bonds. The average molecular weight is 307 g/mol. The van der Waals surface area contributed by atoms with E-state index >= 15 is 0 Å². The van der Waals surface area contributed by atoms with Crippen molar-refractivity contribution in [2.45, 2.75) is 19.8 Å². The van der Waals surface area contributed by atoms with Gasteiger partial charge in [-0.1, -0.05) is 6.92 Å². The molecule has 0 aromatic carbocycles. The van der Waals surface area contributed by atoms with Crippen molar-refractivity contribution in [1.29, 1.82) is 0 Å². The molecule has 0 bridgehead atoms. The number of carbonyl (C=O) groups is 2. The fraction of sp³-hybridized carbons (Fsp3) is 0.385. The van der Waals surface area contributed by atoms with Crippen molar-refractivity contribution in [3.63, 3.8) is 0 Å². The van der Waals surface area contributed by atoms with Crippen LogP contribution in [0.25, 0.3) is 10.2 Å². The van der Waals surface area contributed by atoms with Crippen LogP contribution in [0.5, 0.6) is 0 Å². The Morgan fingerprint density at radius 3 is 2.86 bits per heavy atom. The van der Waals surface area contributed by atoms with Gasteiger partial charge in [0.2, 0.25) is 5.91 Å². The van der Waals surface area contributed by atoms with Crippen molar-refractivity contribution in [1.82, 2.24) is 20.8 Å². The lowest BCUT2D eigenvalue weighted by molar-refractivity contribution is -0.120. The van der Waals surface area contributed by atoms with Crippen molar-refractivity contribution >= 4 is 39.1 Å². The molecule has 0 unspecified atom stereocenters. The van der Waals surface area contributed by atoms with Crippen molar-refractivity contribution < 1.29 is 9.59 Å². The molecule has 0 spiro atoms. The highest BCUT2D eigenvalue weighted by atomic mass is 32.1. The van der Waals surface area contributed by atoms with Gasteiger partial charge in [0.05, 0.1) is 11.9 Å². The molecule has 8 heteroatoms. The highest BCUT2D eigenvalue weighted by molar-refractivity contribution is 7.21. The number of anilines is 1. The van der Waals surface area contributed by atoms with Crippen LogP contribution in [0.3, 0.4) is 0 Å². The van der Waals surface area contributed by atoms with Crippen molar-refractivity contribution in [2.24, 2.45) is 0 Å². The summed E-state index contributed by atoms with van der Waals surface area (Å²) in [6.07, 6.45) is 2.67. The second-order valence-corrected chi connectivity index (χ2v) is 5.45. The second-order valence-electron chi connectivity index (χ2n) is 4.45. The first kappa shape index (κ1) is 15.2. The first-order valence-electron chi connectivity index (χ1n) is 6.68. The summed E-state index contributed by atoms with van der Waals surface area (Å²) in [6, 6.07) is 1.73. The maximum absolute atomic E-state index is 12.1. The first-order valence-corrected chi connectivity index (χ1v) is 7.49. The molecule has 0 radical (unpaired) electrons. The number of aromatic nitrogens is 2. The summed E-state index contributed by atoms with van der Waals surface area (Å²) in [5.41, 5.74) is 6.34. The van der Waals surface area contributed by atoms with E-state index in [9.17, 15) is 9.59 Å². The Labute approximate surface area is 125 Å². The average Bonchev–Trinajstić information content (AvgIpc) is 2.83. The van der Waals surface area contributed by atoms with Gasteiger partial charge in [-0.25, -0.2) is 0 Å². The van der Waals surface area contributed by atoms with Gasteiger partial charge < -0.3 is 16.4 Å². The van der Waals surface area contributed by atoms with E-state index in [-0.39, 0.29) is 24.8 Å². The van der Waals surface area contributed by atoms with E-state index in [1.807, 2.05) is 6.92 Å². The molecule has 4 N–H and O–H groups in total. The quantitative estimate of drug-likeness (QED) is 0.735. The van der Waals surface area contributed by atoms with Crippen LogP contribution in [0.1, 0.15) is 29.4 Å². The van der Waals surface area contributed by atoms with E-state index < -0.39 is 0 Å². The lowest BCUT2D eigenvalue weighted by Crippen LogP contribution is -2.30. The molecular formula is C13H17N5O2S. The zero-order valence-electron chi connectivity index (χ0n) is 11.7. The minimum absolute atomic E-state index is 0.0765. The smallest absolute Gasteiger partial charge is 0.263 e. The Morgan fingerprint density at radius 1 is 1.33 bits per heavy atom. The normalized spacial score (nSPS) is 10.5. The fourth-order valence-electron chi connectivity index (χ4n) is 1.76. The fourth-order valence-corrected chi connectivity index (χ4v) is 2.72. The summed E-state index contributed by atoms with van der Waals surface area (Å²) in [4.78, 5) is 24.5. The number of rotatable bonds is 6. The van der Waals surface area contributed by atoms with E-state index in [1.54, 1.807) is 6.07 Å². The third kappa shape index (κ3) is 3.66. The monoisotopic (exact) mass is 307 g/mol. The van der Waals surface area contributed by atoms with E-state index in [4.69, 9.17) is 5.73 Å². The molecule has 21 heavy (non-hydrogen) atoms. The number of carbonyl (C=O) groups excluding carboxylic acids is 2. The van der Waals surface area contributed by atoms with Gasteiger partial charge in [0.1, 0.15) is 9.71 Å². The maximum atomic E-state index is 12.1. The summed E-state index contributed by atoms with van der Waals surface area (Å²) in [6.45, 7) is 2.90. The number of nitrogens with two attached hydrogens (primary N) is 1. The van der Waals surface area contributed by atoms with E-state index in [0.29, 0.717) is 21.9 Å². The van der Waals surface area contributed by atoms with Crippen LogP contribution in [-0.4, -0.2) is 35.1 Å². The molecule has 0 aliphatic rings. The van der Waals surface area contributed by atoms with Gasteiger partial charge in [0, 0.05) is 24.9 Å². The molecule has 2 rings (SSSR count). The number of nitrogens with one attached hydrogen (secondary N) is 2. The third-order valence-corrected chi connectivity index (χ3v) is 3.94. The van der Waals surface area contributed by atoms with E-state index in [1.165, 1.54) is 17.5 Å². The zero-order valence-corrected chi connectivity index (χ0v) is 12.5. The number of hydrogen-bond donors (Lipinski definition) is 3. The molecule has 112 valence electrons. The highest BCUT2D eigenvalue weighted by Crippen LogP contribution is 2.31. The number of thiophene rings is 1. The number of amides is 2. The summed E-state index contributed by atoms with van der Waals surface area (Å²) in [7, 11) is 0. The third-order valence-electron chi connectivity index (χ3n) is 2.84. The molecule has 0 aliphatic heterocycles. The topological polar surface area (TPSA) is 110 Å². The van der Waals surface area contributed by atoms with Gasteiger partial charge in [0.25, 0.3) is 5.91 Å². The number of nitrogen functional groups attached to an aromatic ring is 1. The van der Waals surface area contributed by atoms with Crippen LogP contribution < -0.4 is 16.4 Å². The van der Waals surface area contributed by atoms with E-state index in [0.717, 1.165) is 11.8 Å². The highest BCUT2D eigenvalue weighted by Gasteiger charge is 2.17. The minimum Gasteiger partial charge on any atom is -0.397 e. The molecular weight excluding hydrogens is 290 g/mol. The SMILES string of the molecule is CCCNC(=O)CCNC(=O)c1sc2nnccc2c1N. The molecule has 0 saturated heterocycles. The van der Waals surface area contributed by atoms with Crippen molar-refractivity contribution in [2.75, 3.05) is 18.8 Å². The van der Waals surface area contributed by atoms with Crippen LogP contribution in [0.2, 0.25) is 0 Å². The Morgan fingerprint density at radius 2 is 2.14 bits per heavy atom. The maximum Gasteiger partial charge on any atom is 0.263 e. The summed E-state index contributed by atoms with van der Waals surface area (Å²) in [5.74, 6) is -0.369. The van der Waals surface area contributed by atoms with Gasteiger partial charge in [-0.2, -0.15) is 5.10 Å². The largest absolute Gasteiger partial charge is 0.397 e. The molecule has 7 nitrogen and oxygen atoms in total. The zero-order chi connectivity index (χ0) is 15.2. The van der Waals surface area contributed by atoms with Crippen LogP contribution in [0.4, 0.5) is 5.69 Å². The van der Waals surface area contributed by atoms with Crippen LogP contribution in [-0.2, 0) is 4.79 Å². The number of fused-ring (bicyclic) bond motifs is 1.